The molecule has 0 atom stereocenters. The van der Waals surface area contributed by atoms with Gasteiger partial charge in [-0.1, -0.05) is 18.2 Å². The zero-order valence-electron chi connectivity index (χ0n) is 6.95. The van der Waals surface area contributed by atoms with E-state index in [4.69, 9.17) is 5.11 Å². The number of nitrogens with one attached hydrogen (secondary N) is 1. The van der Waals surface area contributed by atoms with Crippen LogP contribution in [0, 0.1) is 0 Å². The monoisotopic (exact) mass is 177 g/mol. The van der Waals surface area contributed by atoms with Crippen molar-refractivity contribution in [3.63, 3.8) is 0 Å². The Kier molecular flexibility index (Phi) is 1.77. The predicted molar refractivity (Wildman–Crippen MR) is 49.6 cm³/mol. The fraction of sp³-hybridized carbons (Fsp3) is 0.100. The molecule has 3 heteroatoms. The van der Waals surface area contributed by atoms with Crippen molar-refractivity contribution in [2.45, 2.75) is 6.42 Å². The van der Waals surface area contributed by atoms with Gasteiger partial charge in [0.2, 0.25) is 0 Å². The van der Waals surface area contributed by atoms with E-state index < -0.39 is 5.97 Å². The fourth-order valence-electron chi connectivity index (χ4n) is 1.39. The molecule has 1 aromatic carbocycles. The minimum absolute atomic E-state index is 0.0503. The third kappa shape index (κ3) is 1.54. The highest BCUT2D eigenvalue weighted by Crippen LogP contribution is 2.14. The maximum Gasteiger partial charge on any atom is 0.309 e. The van der Waals surface area contributed by atoms with Gasteiger partial charge in [-0.2, -0.15) is 0 Å². The molecule has 1 aromatic heterocycles. The third-order valence-corrected chi connectivity index (χ3v) is 1.93. The van der Waals surface area contributed by atoms with Gasteiger partial charge in [0.1, 0.15) is 0 Å². The number of aliphatic carboxylic acids is 1. The van der Waals surface area contributed by atoms with E-state index in [9.17, 15) is 4.79 Å². The van der Waals surface area contributed by atoms with E-state index in [1.807, 2.05) is 30.3 Å². The largest absolute Gasteiger partial charge is 0.481 e. The van der Waals surface area contributed by atoms with Crippen LogP contribution in [0.3, 0.4) is 0 Å². The SMILES string of the molecule is O=C(O)C[14c]1cc2ccccc2[nH]1. The molecule has 0 spiro atoms. The summed E-state index contributed by atoms with van der Waals surface area (Å²) < 4.78 is 0. The molecule has 0 radical (unpaired) electrons. The van der Waals surface area contributed by atoms with Gasteiger partial charge in [0.25, 0.3) is 0 Å². The van der Waals surface area contributed by atoms with E-state index in [0.717, 1.165) is 16.6 Å². The number of carboxylic acid groups (broad SMARTS) is 1. The molecule has 0 aliphatic carbocycles. The summed E-state index contributed by atoms with van der Waals surface area (Å²) in [6.45, 7) is 0. The van der Waals surface area contributed by atoms with Crippen LogP contribution in [-0.4, -0.2) is 16.1 Å². The zero-order valence-corrected chi connectivity index (χ0v) is 6.95. The van der Waals surface area contributed by atoms with Crippen molar-refractivity contribution in [3.8, 4) is 0 Å². The van der Waals surface area contributed by atoms with Crippen LogP contribution in [0.25, 0.3) is 10.9 Å². The first kappa shape index (κ1) is 7.86. The van der Waals surface area contributed by atoms with Gasteiger partial charge < -0.3 is 10.1 Å². The first-order chi connectivity index (χ1) is 6.25. The normalized spacial score (nSPS) is 10.5. The summed E-state index contributed by atoms with van der Waals surface area (Å²) in [6.07, 6.45) is 0.0503. The van der Waals surface area contributed by atoms with Crippen molar-refractivity contribution in [2.75, 3.05) is 0 Å². The molecular formula is C10H9NO2. The Labute approximate surface area is 75.0 Å². The Balaban J connectivity index is 2.44. The van der Waals surface area contributed by atoms with E-state index in [1.54, 1.807) is 0 Å². The Bertz CT molecular complexity index is 412. The Morgan fingerprint density at radius 3 is 2.92 bits per heavy atom. The lowest BCUT2D eigenvalue weighted by Gasteiger charge is -1.88. The standard InChI is InChI=1S/C10H9NO2/c12-10(13)6-8-5-7-3-1-2-4-9(7)11-8/h1-5,11H,6H2,(H,12,13)/i8+2. The lowest BCUT2D eigenvalue weighted by atomic mass is 10.3. The van der Waals surface area contributed by atoms with E-state index in [0.29, 0.717) is 0 Å². The van der Waals surface area contributed by atoms with Crippen molar-refractivity contribution < 1.29 is 9.90 Å². The predicted octanol–water partition coefficient (Wildman–Crippen LogP) is 1.79. The average molecular weight is 177 g/mol. The second-order valence-electron chi connectivity index (χ2n) is 2.95. The van der Waals surface area contributed by atoms with Gasteiger partial charge in [-0.3, -0.25) is 4.79 Å². The maximum atomic E-state index is 10.4. The highest BCUT2D eigenvalue weighted by atomic mass is 16.4. The number of H-pyrrole nitrogens is 1. The first-order valence-electron chi connectivity index (χ1n) is 4.04. The van der Waals surface area contributed by atoms with Gasteiger partial charge in [-0.15, -0.1) is 0 Å². The van der Waals surface area contributed by atoms with Gasteiger partial charge >= 0.3 is 5.97 Å². The molecule has 0 saturated heterocycles. The number of fused-ring (bicyclic) bond motifs is 1. The number of carboxylic acids is 1. The molecule has 0 saturated carbocycles. The molecule has 2 aromatic rings. The molecule has 0 unspecified atom stereocenters. The van der Waals surface area contributed by atoms with Crippen LogP contribution < -0.4 is 0 Å². The molecule has 1 heterocycles. The number of aromatic amines is 1. The number of carbonyl (C=O) groups is 1. The van der Waals surface area contributed by atoms with Crippen LogP contribution in [0.2, 0.25) is 0 Å². The summed E-state index contributed by atoms with van der Waals surface area (Å²) in [5.74, 6) is -0.813. The second-order valence-corrected chi connectivity index (χ2v) is 2.95. The molecule has 0 fully saturated rings. The van der Waals surface area contributed by atoms with E-state index in [-0.39, 0.29) is 6.42 Å². The molecule has 13 heavy (non-hydrogen) atoms. The van der Waals surface area contributed by atoms with Gasteiger partial charge in [-0.05, 0) is 17.5 Å². The minimum atomic E-state index is -0.813. The smallest absolute Gasteiger partial charge is 0.309 e. The molecule has 0 aliphatic rings. The quantitative estimate of drug-likeness (QED) is 0.734. The van der Waals surface area contributed by atoms with Crippen molar-refractivity contribution in [3.05, 3.63) is 36.0 Å². The first-order valence-corrected chi connectivity index (χ1v) is 4.04. The molecule has 66 valence electrons. The summed E-state index contributed by atoms with van der Waals surface area (Å²) in [5.41, 5.74) is 1.73. The molecule has 0 amide bonds. The van der Waals surface area contributed by atoms with Crippen molar-refractivity contribution in [1.29, 1.82) is 0 Å². The number of hydrogen-bond donors (Lipinski definition) is 2. The number of benzene rings is 1. The van der Waals surface area contributed by atoms with Crippen molar-refractivity contribution in [1.82, 2.24) is 4.98 Å². The topological polar surface area (TPSA) is 53.1 Å². The van der Waals surface area contributed by atoms with Gasteiger partial charge in [0.05, 0.1) is 6.42 Å². The van der Waals surface area contributed by atoms with Gasteiger partial charge in [-0.25, -0.2) is 0 Å². The average Bonchev–Trinajstić information content (AvgIpc) is 2.44. The molecule has 0 aliphatic heterocycles. The Morgan fingerprint density at radius 1 is 1.46 bits per heavy atom. The van der Waals surface area contributed by atoms with Gasteiger partial charge in [0, 0.05) is 11.2 Å². The third-order valence-electron chi connectivity index (χ3n) is 1.93. The molecular weight excluding hydrogens is 168 g/mol. The lowest BCUT2D eigenvalue weighted by Crippen LogP contribution is -1.99. The molecule has 2 N–H and O–H groups in total. The fourth-order valence-corrected chi connectivity index (χ4v) is 1.39. The van der Waals surface area contributed by atoms with Crippen LogP contribution in [-0.2, 0) is 11.2 Å². The highest BCUT2D eigenvalue weighted by Gasteiger charge is 2.03. The summed E-state index contributed by atoms with van der Waals surface area (Å²) in [5, 5.41) is 9.63. The molecule has 2 rings (SSSR count). The zero-order chi connectivity index (χ0) is 9.26. The van der Waals surface area contributed by atoms with Crippen LogP contribution in [0.4, 0.5) is 0 Å². The summed E-state index contributed by atoms with van der Waals surface area (Å²) >= 11 is 0. The van der Waals surface area contributed by atoms with Crippen LogP contribution in [0.1, 0.15) is 5.69 Å². The summed E-state index contributed by atoms with van der Waals surface area (Å²) in [6, 6.07) is 9.60. The number of hydrogen-bond acceptors (Lipinski definition) is 1. The van der Waals surface area contributed by atoms with Gasteiger partial charge in [0.15, 0.2) is 0 Å². The molecule has 0 bridgehead atoms. The van der Waals surface area contributed by atoms with Crippen molar-refractivity contribution >= 4 is 16.9 Å². The van der Waals surface area contributed by atoms with E-state index in [1.165, 1.54) is 0 Å². The minimum Gasteiger partial charge on any atom is -0.481 e. The highest BCUT2D eigenvalue weighted by molar-refractivity contribution is 5.82. The lowest BCUT2D eigenvalue weighted by molar-refractivity contribution is -0.136. The van der Waals surface area contributed by atoms with Crippen LogP contribution in [0.5, 0.6) is 0 Å². The van der Waals surface area contributed by atoms with E-state index in [2.05, 4.69) is 4.98 Å². The summed E-state index contributed by atoms with van der Waals surface area (Å²) in [7, 11) is 0. The number of aromatic nitrogens is 1. The number of para-hydroxylation sites is 1. The van der Waals surface area contributed by atoms with Crippen molar-refractivity contribution in [2.24, 2.45) is 0 Å². The number of rotatable bonds is 2. The Morgan fingerprint density at radius 2 is 2.23 bits per heavy atom. The van der Waals surface area contributed by atoms with Crippen LogP contribution in [0.15, 0.2) is 30.3 Å². The second kappa shape index (κ2) is 2.94. The summed E-state index contributed by atoms with van der Waals surface area (Å²) in [4.78, 5) is 13.5. The van der Waals surface area contributed by atoms with Crippen LogP contribution >= 0.6 is 0 Å². The van der Waals surface area contributed by atoms with E-state index >= 15 is 0 Å². The molecule has 3 nitrogen and oxygen atoms in total. The maximum absolute atomic E-state index is 10.4. The Hall–Kier alpha value is -1.77.